The molecule has 0 saturated carbocycles. The molecule has 7 nitrogen and oxygen atoms in total. The Morgan fingerprint density at radius 1 is 1.11 bits per heavy atom. The van der Waals surface area contributed by atoms with Crippen molar-refractivity contribution >= 4 is 34.3 Å². The molecule has 0 radical (unpaired) electrons. The normalized spacial score (nSPS) is 13.9. The lowest BCUT2D eigenvalue weighted by atomic mass is 10.0. The van der Waals surface area contributed by atoms with Gasteiger partial charge in [0.05, 0.1) is 0 Å². The Morgan fingerprint density at radius 3 is 2.50 bits per heavy atom. The molecule has 1 atom stereocenters. The molecule has 1 aliphatic rings. The van der Waals surface area contributed by atoms with Crippen LogP contribution in [0.25, 0.3) is 0 Å². The molecule has 3 aromatic rings. The van der Waals surface area contributed by atoms with Crippen LogP contribution in [0.3, 0.4) is 0 Å². The van der Waals surface area contributed by atoms with Gasteiger partial charge < -0.3 is 10.0 Å². The van der Waals surface area contributed by atoms with Gasteiger partial charge in [-0.1, -0.05) is 48.5 Å². The maximum absolute atomic E-state index is 13.1. The highest BCUT2D eigenvalue weighted by Crippen LogP contribution is 2.32. The van der Waals surface area contributed by atoms with Gasteiger partial charge in [0.15, 0.2) is 10.8 Å². The van der Waals surface area contributed by atoms with Gasteiger partial charge in [-0.3, -0.25) is 14.9 Å². The molecule has 28 heavy (non-hydrogen) atoms. The van der Waals surface area contributed by atoms with E-state index in [0.29, 0.717) is 17.7 Å². The molecular formula is C20H15N3O4S. The zero-order valence-electron chi connectivity index (χ0n) is 14.5. The smallest absolute Gasteiger partial charge is 0.355 e. The number of fused-ring (bicyclic) bond motifs is 1. The molecule has 4 rings (SSSR count). The summed E-state index contributed by atoms with van der Waals surface area (Å²) in [6.45, 7) is 0.320. The molecule has 0 aliphatic carbocycles. The number of aromatic nitrogens is 1. The van der Waals surface area contributed by atoms with Gasteiger partial charge in [-0.25, -0.2) is 9.78 Å². The predicted molar refractivity (Wildman–Crippen MR) is 103 cm³/mol. The fourth-order valence-corrected chi connectivity index (χ4v) is 3.88. The largest absolute Gasteiger partial charge is 0.476 e. The van der Waals surface area contributed by atoms with Crippen LogP contribution in [-0.2, 0) is 11.3 Å². The van der Waals surface area contributed by atoms with Gasteiger partial charge in [-0.15, -0.1) is 11.3 Å². The van der Waals surface area contributed by atoms with E-state index in [1.54, 1.807) is 36.4 Å². The van der Waals surface area contributed by atoms with Gasteiger partial charge >= 0.3 is 5.97 Å². The van der Waals surface area contributed by atoms with Gasteiger partial charge in [0.1, 0.15) is 6.04 Å². The van der Waals surface area contributed by atoms with Crippen LogP contribution in [0.5, 0.6) is 0 Å². The minimum atomic E-state index is -1.17. The van der Waals surface area contributed by atoms with Crippen LogP contribution in [0.4, 0.5) is 5.13 Å². The highest BCUT2D eigenvalue weighted by molar-refractivity contribution is 7.14. The molecular weight excluding hydrogens is 378 g/mol. The van der Waals surface area contributed by atoms with Crippen LogP contribution in [0, 0.1) is 0 Å². The fourth-order valence-electron chi connectivity index (χ4n) is 3.20. The Morgan fingerprint density at radius 2 is 1.82 bits per heavy atom. The number of benzene rings is 2. The Labute approximate surface area is 164 Å². The van der Waals surface area contributed by atoms with E-state index in [9.17, 15) is 14.4 Å². The quantitative estimate of drug-likeness (QED) is 0.694. The fraction of sp³-hybridized carbons (Fsp3) is 0.100. The van der Waals surface area contributed by atoms with Gasteiger partial charge in [0.2, 0.25) is 0 Å². The number of carboxylic acid groups (broad SMARTS) is 1. The molecule has 2 heterocycles. The zero-order valence-corrected chi connectivity index (χ0v) is 15.3. The van der Waals surface area contributed by atoms with Crippen LogP contribution in [-0.4, -0.2) is 32.8 Å². The molecule has 1 unspecified atom stereocenters. The number of nitrogens with zero attached hydrogens (tertiary/aromatic N) is 2. The first-order valence-electron chi connectivity index (χ1n) is 8.48. The second-order valence-electron chi connectivity index (χ2n) is 6.24. The molecule has 8 heteroatoms. The van der Waals surface area contributed by atoms with E-state index in [4.69, 9.17) is 5.11 Å². The highest BCUT2D eigenvalue weighted by atomic mass is 32.1. The standard InChI is InChI=1S/C20H15N3O4S/c24-17(22-20-21-15(11-28-20)19(26)27)16(12-6-2-1-3-7-12)23-10-13-8-4-5-9-14(13)18(23)25/h1-9,11,16H,10H2,(H,26,27)(H,21,22,24). The van der Waals surface area contributed by atoms with E-state index in [1.165, 1.54) is 10.3 Å². The van der Waals surface area contributed by atoms with Crippen LogP contribution in [0.1, 0.15) is 38.0 Å². The van der Waals surface area contributed by atoms with E-state index >= 15 is 0 Å². The van der Waals surface area contributed by atoms with Crippen molar-refractivity contribution in [2.24, 2.45) is 0 Å². The third-order valence-electron chi connectivity index (χ3n) is 4.48. The molecule has 0 spiro atoms. The lowest BCUT2D eigenvalue weighted by Gasteiger charge is -2.27. The maximum Gasteiger partial charge on any atom is 0.355 e. The Bertz CT molecular complexity index is 1060. The Kier molecular flexibility index (Phi) is 4.62. The Hall–Kier alpha value is -3.52. The third-order valence-corrected chi connectivity index (χ3v) is 5.24. The van der Waals surface area contributed by atoms with E-state index in [2.05, 4.69) is 10.3 Å². The van der Waals surface area contributed by atoms with E-state index in [-0.39, 0.29) is 16.7 Å². The minimum absolute atomic E-state index is 0.138. The Balaban J connectivity index is 1.66. The number of aromatic carboxylic acids is 1. The number of carboxylic acids is 1. The van der Waals surface area contributed by atoms with Crippen molar-refractivity contribution in [3.63, 3.8) is 0 Å². The molecule has 0 bridgehead atoms. The molecule has 1 aromatic heterocycles. The molecule has 0 fully saturated rings. The first kappa shape index (κ1) is 17.9. The summed E-state index contributed by atoms with van der Waals surface area (Å²) in [5.74, 6) is -1.83. The van der Waals surface area contributed by atoms with Gasteiger partial charge in [0.25, 0.3) is 11.8 Å². The monoisotopic (exact) mass is 393 g/mol. The number of hydrogen-bond donors (Lipinski definition) is 2. The van der Waals surface area contributed by atoms with E-state index < -0.39 is 17.9 Å². The number of hydrogen-bond acceptors (Lipinski definition) is 5. The van der Waals surface area contributed by atoms with Crippen LogP contribution in [0.2, 0.25) is 0 Å². The van der Waals surface area contributed by atoms with Crippen LogP contribution < -0.4 is 5.32 Å². The summed E-state index contributed by atoms with van der Waals surface area (Å²) in [7, 11) is 0. The van der Waals surface area contributed by atoms with Crippen LogP contribution >= 0.6 is 11.3 Å². The number of carbonyl (C=O) groups is 3. The summed E-state index contributed by atoms with van der Waals surface area (Å²) in [6, 6.07) is 15.4. The molecule has 2 aromatic carbocycles. The van der Waals surface area contributed by atoms with E-state index in [0.717, 1.165) is 16.9 Å². The average Bonchev–Trinajstić information content (AvgIpc) is 3.29. The molecule has 2 N–H and O–H groups in total. The van der Waals surface area contributed by atoms with E-state index in [1.807, 2.05) is 18.2 Å². The predicted octanol–water partition coefficient (Wildman–Crippen LogP) is 3.18. The number of carbonyl (C=O) groups excluding carboxylic acids is 2. The maximum atomic E-state index is 13.1. The van der Waals surface area contributed by atoms with Gasteiger partial charge in [0, 0.05) is 17.5 Å². The number of amides is 2. The van der Waals surface area contributed by atoms with Crippen molar-refractivity contribution in [2.75, 3.05) is 5.32 Å². The van der Waals surface area contributed by atoms with Crippen molar-refractivity contribution in [3.05, 3.63) is 82.4 Å². The first-order valence-corrected chi connectivity index (χ1v) is 9.36. The average molecular weight is 393 g/mol. The van der Waals surface area contributed by atoms with Crippen molar-refractivity contribution in [3.8, 4) is 0 Å². The summed E-state index contributed by atoms with van der Waals surface area (Å²) in [5, 5.41) is 13.2. The second-order valence-corrected chi connectivity index (χ2v) is 7.09. The topological polar surface area (TPSA) is 99.6 Å². The number of rotatable bonds is 5. The SMILES string of the molecule is O=C(O)c1csc(NC(=O)C(c2ccccc2)N2Cc3ccccc3C2=O)n1. The molecule has 2 amide bonds. The second kappa shape index (κ2) is 7.24. The number of nitrogens with one attached hydrogen (secondary N) is 1. The number of anilines is 1. The van der Waals surface area contributed by atoms with Crippen molar-refractivity contribution in [2.45, 2.75) is 12.6 Å². The summed E-state index contributed by atoms with van der Waals surface area (Å²) >= 11 is 1.02. The van der Waals surface area contributed by atoms with Gasteiger partial charge in [-0.2, -0.15) is 0 Å². The lowest BCUT2D eigenvalue weighted by Crippen LogP contribution is -2.37. The zero-order chi connectivity index (χ0) is 19.7. The van der Waals surface area contributed by atoms with Crippen LogP contribution in [0.15, 0.2) is 60.0 Å². The molecule has 1 aliphatic heterocycles. The lowest BCUT2D eigenvalue weighted by molar-refractivity contribution is -0.120. The van der Waals surface area contributed by atoms with Crippen molar-refractivity contribution in [1.29, 1.82) is 0 Å². The summed E-state index contributed by atoms with van der Waals surface area (Å²) in [6.07, 6.45) is 0. The molecule has 0 saturated heterocycles. The highest BCUT2D eigenvalue weighted by Gasteiger charge is 2.37. The summed E-state index contributed by atoms with van der Waals surface area (Å²) < 4.78 is 0. The molecule has 140 valence electrons. The van der Waals surface area contributed by atoms with Crippen molar-refractivity contribution in [1.82, 2.24) is 9.88 Å². The summed E-state index contributed by atoms with van der Waals surface area (Å²) in [4.78, 5) is 42.4. The summed E-state index contributed by atoms with van der Waals surface area (Å²) in [5.41, 5.74) is 1.97. The minimum Gasteiger partial charge on any atom is -0.476 e. The van der Waals surface area contributed by atoms with Gasteiger partial charge in [-0.05, 0) is 17.2 Å². The first-order chi connectivity index (χ1) is 13.5. The third kappa shape index (κ3) is 3.25. The number of thiazole rings is 1. The van der Waals surface area contributed by atoms with Crippen molar-refractivity contribution < 1.29 is 19.5 Å².